The molecule has 0 radical (unpaired) electrons. The quantitative estimate of drug-likeness (QED) is 0.901. The number of rotatable bonds is 3. The van der Waals surface area contributed by atoms with Crippen LogP contribution in [0.5, 0.6) is 0 Å². The van der Waals surface area contributed by atoms with Crippen LogP contribution >= 0.6 is 0 Å². The van der Waals surface area contributed by atoms with E-state index in [0.29, 0.717) is 0 Å². The molecule has 1 amide bonds. The van der Waals surface area contributed by atoms with Gasteiger partial charge in [-0.25, -0.2) is 0 Å². The van der Waals surface area contributed by atoms with Crippen LogP contribution in [-0.2, 0) is 4.79 Å². The molecular formula is C18H27N3O. The van der Waals surface area contributed by atoms with Crippen molar-refractivity contribution >= 4 is 17.3 Å². The van der Waals surface area contributed by atoms with Crippen molar-refractivity contribution in [3.05, 3.63) is 24.3 Å². The minimum Gasteiger partial charge on any atom is -0.370 e. The maximum absolute atomic E-state index is 12.5. The first-order valence-corrected chi connectivity index (χ1v) is 8.64. The van der Waals surface area contributed by atoms with Gasteiger partial charge in [0.05, 0.1) is 11.4 Å². The van der Waals surface area contributed by atoms with E-state index >= 15 is 0 Å². The Hall–Kier alpha value is -1.55. The van der Waals surface area contributed by atoms with Gasteiger partial charge in [0.25, 0.3) is 0 Å². The third-order valence-electron chi connectivity index (χ3n) is 4.95. The highest BCUT2D eigenvalue weighted by molar-refractivity contribution is 5.96. The predicted molar refractivity (Wildman–Crippen MR) is 91.1 cm³/mol. The molecule has 0 spiro atoms. The van der Waals surface area contributed by atoms with Gasteiger partial charge in [-0.3, -0.25) is 4.79 Å². The summed E-state index contributed by atoms with van der Waals surface area (Å²) in [7, 11) is 0. The van der Waals surface area contributed by atoms with Gasteiger partial charge in [-0.2, -0.15) is 0 Å². The van der Waals surface area contributed by atoms with Crippen molar-refractivity contribution in [2.45, 2.75) is 51.0 Å². The molecule has 2 unspecified atom stereocenters. The van der Waals surface area contributed by atoms with Crippen molar-refractivity contribution in [1.82, 2.24) is 0 Å². The molecule has 2 atom stereocenters. The van der Waals surface area contributed by atoms with Crippen molar-refractivity contribution in [3.63, 3.8) is 0 Å². The second-order valence-electron chi connectivity index (χ2n) is 6.68. The summed E-state index contributed by atoms with van der Waals surface area (Å²) in [6, 6.07) is 8.39. The topological polar surface area (TPSA) is 58.4 Å². The Labute approximate surface area is 133 Å². The van der Waals surface area contributed by atoms with Crippen LogP contribution in [0.3, 0.4) is 0 Å². The van der Waals surface area contributed by atoms with E-state index in [2.05, 4.69) is 22.3 Å². The first kappa shape index (κ1) is 15.3. The normalized spacial score (nSPS) is 25.8. The minimum absolute atomic E-state index is 0.0761. The Kier molecular flexibility index (Phi) is 4.98. The lowest BCUT2D eigenvalue weighted by atomic mass is 10.1. The standard InChI is InChI=1S/C18H27N3O/c19-15-10-9-14(13-15)18(22)20-16-7-3-4-8-17(16)21-11-5-1-2-6-12-21/h3-4,7-8,14-15H,1-2,5-6,9-13,19H2,(H,20,22). The summed E-state index contributed by atoms with van der Waals surface area (Å²) in [4.78, 5) is 14.9. The second kappa shape index (κ2) is 7.14. The van der Waals surface area contributed by atoms with Crippen LogP contribution in [0.2, 0.25) is 0 Å². The molecule has 2 fully saturated rings. The van der Waals surface area contributed by atoms with E-state index in [0.717, 1.165) is 38.0 Å². The fourth-order valence-corrected chi connectivity index (χ4v) is 3.66. The van der Waals surface area contributed by atoms with Gasteiger partial charge in [0, 0.05) is 25.0 Å². The molecular weight excluding hydrogens is 274 g/mol. The average molecular weight is 301 g/mol. The molecule has 1 aromatic carbocycles. The summed E-state index contributed by atoms with van der Waals surface area (Å²) in [5.74, 6) is 0.211. The first-order valence-electron chi connectivity index (χ1n) is 8.64. The molecule has 2 aliphatic rings. The zero-order valence-corrected chi connectivity index (χ0v) is 13.3. The molecule has 0 aromatic heterocycles. The van der Waals surface area contributed by atoms with Crippen LogP contribution in [0.15, 0.2) is 24.3 Å². The van der Waals surface area contributed by atoms with E-state index < -0.39 is 0 Å². The lowest BCUT2D eigenvalue weighted by Crippen LogP contribution is -2.27. The fourth-order valence-electron chi connectivity index (χ4n) is 3.66. The molecule has 1 saturated carbocycles. The van der Waals surface area contributed by atoms with Crippen molar-refractivity contribution in [3.8, 4) is 0 Å². The Morgan fingerprint density at radius 1 is 1.09 bits per heavy atom. The number of hydrogen-bond acceptors (Lipinski definition) is 3. The van der Waals surface area contributed by atoms with E-state index in [1.807, 2.05) is 12.1 Å². The number of anilines is 2. The van der Waals surface area contributed by atoms with E-state index in [1.165, 1.54) is 31.4 Å². The lowest BCUT2D eigenvalue weighted by Gasteiger charge is -2.26. The number of carbonyl (C=O) groups excluding carboxylic acids is 1. The highest BCUT2D eigenvalue weighted by Gasteiger charge is 2.28. The van der Waals surface area contributed by atoms with Crippen LogP contribution in [0.25, 0.3) is 0 Å². The number of benzene rings is 1. The van der Waals surface area contributed by atoms with E-state index in [9.17, 15) is 4.79 Å². The van der Waals surface area contributed by atoms with Crippen molar-refractivity contribution in [1.29, 1.82) is 0 Å². The van der Waals surface area contributed by atoms with Gasteiger partial charge in [-0.1, -0.05) is 25.0 Å². The summed E-state index contributed by atoms with van der Waals surface area (Å²) < 4.78 is 0. The minimum atomic E-state index is 0.0761. The first-order chi connectivity index (χ1) is 10.7. The Morgan fingerprint density at radius 2 is 1.82 bits per heavy atom. The number of amides is 1. The molecule has 120 valence electrons. The van der Waals surface area contributed by atoms with Crippen LogP contribution < -0.4 is 16.0 Å². The molecule has 1 heterocycles. The Morgan fingerprint density at radius 3 is 2.50 bits per heavy atom. The van der Waals surface area contributed by atoms with E-state index in [1.54, 1.807) is 0 Å². The molecule has 4 heteroatoms. The zero-order chi connectivity index (χ0) is 15.4. The molecule has 1 aliphatic heterocycles. The molecule has 3 rings (SSSR count). The zero-order valence-electron chi connectivity index (χ0n) is 13.3. The molecule has 0 bridgehead atoms. The third kappa shape index (κ3) is 3.61. The maximum atomic E-state index is 12.5. The van der Waals surface area contributed by atoms with E-state index in [4.69, 9.17) is 5.73 Å². The molecule has 1 saturated heterocycles. The summed E-state index contributed by atoms with van der Waals surface area (Å²) in [6.07, 6.45) is 7.79. The van der Waals surface area contributed by atoms with Crippen molar-refractivity contribution < 1.29 is 4.79 Å². The second-order valence-corrected chi connectivity index (χ2v) is 6.68. The van der Waals surface area contributed by atoms with Gasteiger partial charge in [-0.05, 0) is 44.2 Å². The average Bonchev–Trinajstić information content (AvgIpc) is 2.80. The number of hydrogen-bond donors (Lipinski definition) is 2. The fraction of sp³-hybridized carbons (Fsp3) is 0.611. The predicted octanol–water partition coefficient (Wildman–Crippen LogP) is 3.13. The highest BCUT2D eigenvalue weighted by Crippen LogP contribution is 2.30. The number of carbonyl (C=O) groups is 1. The van der Waals surface area contributed by atoms with Crippen molar-refractivity contribution in [2.24, 2.45) is 11.7 Å². The van der Waals surface area contributed by atoms with Crippen molar-refractivity contribution in [2.75, 3.05) is 23.3 Å². The summed E-state index contributed by atoms with van der Waals surface area (Å²) >= 11 is 0. The SMILES string of the molecule is NC1CCC(C(=O)Nc2ccccc2N2CCCCCC2)C1. The summed E-state index contributed by atoms with van der Waals surface area (Å²) in [6.45, 7) is 2.17. The van der Waals surface area contributed by atoms with Gasteiger partial charge >= 0.3 is 0 Å². The summed E-state index contributed by atoms with van der Waals surface area (Å²) in [5.41, 5.74) is 8.05. The van der Waals surface area contributed by atoms with Gasteiger partial charge < -0.3 is 16.0 Å². The molecule has 22 heavy (non-hydrogen) atoms. The third-order valence-corrected chi connectivity index (χ3v) is 4.95. The number of nitrogens with zero attached hydrogens (tertiary/aromatic N) is 1. The number of nitrogens with two attached hydrogens (primary N) is 1. The maximum Gasteiger partial charge on any atom is 0.227 e. The van der Waals surface area contributed by atoms with Gasteiger partial charge in [0.15, 0.2) is 0 Å². The van der Waals surface area contributed by atoms with Crippen LogP contribution in [0, 0.1) is 5.92 Å². The van der Waals surface area contributed by atoms with Crippen LogP contribution in [0.4, 0.5) is 11.4 Å². The van der Waals surface area contributed by atoms with Gasteiger partial charge in [0.2, 0.25) is 5.91 Å². The monoisotopic (exact) mass is 301 g/mol. The van der Waals surface area contributed by atoms with Gasteiger partial charge in [-0.15, -0.1) is 0 Å². The van der Waals surface area contributed by atoms with Gasteiger partial charge in [0.1, 0.15) is 0 Å². The number of nitrogens with one attached hydrogen (secondary N) is 1. The Bertz CT molecular complexity index is 509. The smallest absolute Gasteiger partial charge is 0.227 e. The molecule has 1 aliphatic carbocycles. The lowest BCUT2D eigenvalue weighted by molar-refractivity contribution is -0.119. The molecule has 3 N–H and O–H groups in total. The highest BCUT2D eigenvalue weighted by atomic mass is 16.1. The molecule has 1 aromatic rings. The number of para-hydroxylation sites is 2. The molecule has 4 nitrogen and oxygen atoms in total. The Balaban J connectivity index is 1.71. The largest absolute Gasteiger partial charge is 0.370 e. The van der Waals surface area contributed by atoms with Crippen LogP contribution in [-0.4, -0.2) is 25.0 Å². The van der Waals surface area contributed by atoms with E-state index in [-0.39, 0.29) is 17.9 Å². The summed E-state index contributed by atoms with van der Waals surface area (Å²) in [5, 5.41) is 3.15. The van der Waals surface area contributed by atoms with Crippen LogP contribution in [0.1, 0.15) is 44.9 Å².